The van der Waals surface area contributed by atoms with Crippen LogP contribution < -0.4 is 4.74 Å². The van der Waals surface area contributed by atoms with E-state index in [1.54, 1.807) is 11.0 Å². The topological polar surface area (TPSA) is 38.8 Å². The first kappa shape index (κ1) is 27.5. The van der Waals surface area contributed by atoms with Crippen molar-refractivity contribution in [1.29, 1.82) is 0 Å². The van der Waals surface area contributed by atoms with Crippen molar-refractivity contribution < 1.29 is 22.7 Å². The molecule has 1 aromatic heterocycles. The molecule has 1 amide bonds. The summed E-state index contributed by atoms with van der Waals surface area (Å²) in [6.07, 6.45) is -0.0783. The molecule has 184 valence electrons. The molecule has 0 fully saturated rings. The van der Waals surface area contributed by atoms with E-state index in [0.717, 1.165) is 10.9 Å². The molecule has 1 aromatic carbocycles. The number of halogens is 2. The number of carbonyl (C=O) groups excluding carboxylic acids is 1. The molecule has 0 aliphatic heterocycles. The predicted molar refractivity (Wildman–Crippen MR) is 134 cm³/mol. The zero-order valence-corrected chi connectivity index (χ0v) is 22.9. The molecule has 0 aliphatic rings. The SMILES string of the molecule is CCN(CC)C(=O)c1ccsc1Cc1c(F)cc(F)cc1OCC(C)O[Si](C)(C)C(C)(C)C. The van der Waals surface area contributed by atoms with Gasteiger partial charge >= 0.3 is 0 Å². The van der Waals surface area contributed by atoms with E-state index < -0.39 is 20.0 Å². The molecule has 8 heteroatoms. The number of thiophene rings is 1. The molecule has 0 saturated heterocycles. The molecule has 2 aromatic rings. The predicted octanol–water partition coefficient (Wildman–Crippen LogP) is 6.89. The van der Waals surface area contributed by atoms with Crippen molar-refractivity contribution in [3.05, 3.63) is 51.2 Å². The Kier molecular flexibility index (Phi) is 9.24. The summed E-state index contributed by atoms with van der Waals surface area (Å²) in [4.78, 5) is 15.3. The van der Waals surface area contributed by atoms with Gasteiger partial charge in [-0.25, -0.2) is 8.78 Å². The molecule has 2 rings (SSSR count). The van der Waals surface area contributed by atoms with E-state index >= 15 is 0 Å². The van der Waals surface area contributed by atoms with Crippen LogP contribution in [0.25, 0.3) is 0 Å². The number of carbonyl (C=O) groups is 1. The molecule has 1 unspecified atom stereocenters. The summed E-state index contributed by atoms with van der Waals surface area (Å²) in [6, 6.07) is 3.83. The van der Waals surface area contributed by atoms with Gasteiger partial charge < -0.3 is 14.1 Å². The molecule has 1 heterocycles. The fraction of sp³-hybridized carbons (Fsp3) is 0.560. The first-order valence-corrected chi connectivity index (χ1v) is 15.2. The van der Waals surface area contributed by atoms with Crippen LogP contribution in [0.2, 0.25) is 18.1 Å². The normalized spacial score (nSPS) is 13.2. The first-order valence-electron chi connectivity index (χ1n) is 11.4. The van der Waals surface area contributed by atoms with Crippen LogP contribution in [0.3, 0.4) is 0 Å². The summed E-state index contributed by atoms with van der Waals surface area (Å²) >= 11 is 1.39. The average Bonchev–Trinajstić information content (AvgIpc) is 3.16. The Balaban J connectivity index is 2.25. The van der Waals surface area contributed by atoms with E-state index in [-0.39, 0.29) is 41.4 Å². The number of nitrogens with zero attached hydrogens (tertiary/aromatic N) is 1. The fourth-order valence-corrected chi connectivity index (χ4v) is 5.62. The zero-order chi connectivity index (χ0) is 25.0. The van der Waals surface area contributed by atoms with Crippen LogP contribution in [0, 0.1) is 11.6 Å². The van der Waals surface area contributed by atoms with Crippen molar-refractivity contribution in [3.63, 3.8) is 0 Å². The van der Waals surface area contributed by atoms with Gasteiger partial charge in [-0.3, -0.25) is 4.79 Å². The van der Waals surface area contributed by atoms with Gasteiger partial charge in [0.1, 0.15) is 24.0 Å². The summed E-state index contributed by atoms with van der Waals surface area (Å²) in [6.45, 7) is 17.9. The van der Waals surface area contributed by atoms with E-state index in [9.17, 15) is 13.6 Å². The molecule has 0 N–H and O–H groups in total. The van der Waals surface area contributed by atoms with Gasteiger partial charge in [-0.05, 0) is 50.3 Å². The maximum absolute atomic E-state index is 14.8. The Morgan fingerprint density at radius 3 is 2.39 bits per heavy atom. The van der Waals surface area contributed by atoms with Crippen molar-refractivity contribution >= 4 is 25.6 Å². The summed E-state index contributed by atoms with van der Waals surface area (Å²) in [5, 5.41) is 1.87. The van der Waals surface area contributed by atoms with E-state index in [1.807, 2.05) is 26.2 Å². The van der Waals surface area contributed by atoms with Crippen molar-refractivity contribution in [2.24, 2.45) is 0 Å². The third-order valence-electron chi connectivity index (χ3n) is 6.26. The third-order valence-corrected chi connectivity index (χ3v) is 11.8. The molecular formula is C25H37F2NO3SSi. The van der Waals surface area contributed by atoms with Crippen LogP contribution in [0.5, 0.6) is 5.75 Å². The second-order valence-corrected chi connectivity index (χ2v) is 15.5. The van der Waals surface area contributed by atoms with E-state index in [0.29, 0.717) is 18.7 Å². The molecule has 0 radical (unpaired) electrons. The number of rotatable bonds is 10. The van der Waals surface area contributed by atoms with Gasteiger partial charge in [-0.1, -0.05) is 20.8 Å². The van der Waals surface area contributed by atoms with Crippen LogP contribution in [0.15, 0.2) is 23.6 Å². The lowest BCUT2D eigenvalue weighted by Gasteiger charge is -2.38. The molecule has 0 aliphatic carbocycles. The highest BCUT2D eigenvalue weighted by Crippen LogP contribution is 2.37. The minimum absolute atomic E-state index is 0.0460. The monoisotopic (exact) mass is 497 g/mol. The summed E-state index contributed by atoms with van der Waals surface area (Å²) < 4.78 is 41.1. The van der Waals surface area contributed by atoms with E-state index in [1.165, 1.54) is 17.4 Å². The molecular weight excluding hydrogens is 460 g/mol. The van der Waals surface area contributed by atoms with E-state index in [2.05, 4.69) is 33.9 Å². The number of ether oxygens (including phenoxy) is 1. The molecule has 0 saturated carbocycles. The summed E-state index contributed by atoms with van der Waals surface area (Å²) in [5.74, 6) is -1.32. The quantitative estimate of drug-likeness (QED) is 0.336. The van der Waals surface area contributed by atoms with Gasteiger partial charge in [0.25, 0.3) is 5.91 Å². The van der Waals surface area contributed by atoms with Gasteiger partial charge in [-0.15, -0.1) is 11.3 Å². The van der Waals surface area contributed by atoms with Crippen molar-refractivity contribution in [3.8, 4) is 5.75 Å². The lowest BCUT2D eigenvalue weighted by atomic mass is 10.1. The third kappa shape index (κ3) is 6.87. The summed E-state index contributed by atoms with van der Waals surface area (Å²) in [7, 11) is -2.00. The smallest absolute Gasteiger partial charge is 0.254 e. The van der Waals surface area contributed by atoms with Crippen LogP contribution in [-0.2, 0) is 10.8 Å². The second kappa shape index (κ2) is 11.1. The molecule has 33 heavy (non-hydrogen) atoms. The Labute approximate surface area is 202 Å². The minimum atomic E-state index is -2.00. The maximum Gasteiger partial charge on any atom is 0.254 e. The average molecular weight is 498 g/mol. The van der Waals surface area contributed by atoms with Crippen molar-refractivity contribution in [2.45, 2.75) is 72.2 Å². The van der Waals surface area contributed by atoms with Crippen LogP contribution >= 0.6 is 11.3 Å². The van der Waals surface area contributed by atoms with Crippen LogP contribution in [0.4, 0.5) is 8.78 Å². The zero-order valence-electron chi connectivity index (χ0n) is 21.1. The van der Waals surface area contributed by atoms with E-state index in [4.69, 9.17) is 9.16 Å². The largest absolute Gasteiger partial charge is 0.490 e. The molecule has 0 bridgehead atoms. The van der Waals surface area contributed by atoms with Gasteiger partial charge in [0.05, 0.1) is 11.7 Å². The van der Waals surface area contributed by atoms with Gasteiger partial charge in [0.2, 0.25) is 0 Å². The fourth-order valence-electron chi connectivity index (χ4n) is 3.31. The highest BCUT2D eigenvalue weighted by Gasteiger charge is 2.38. The number of hydrogen-bond acceptors (Lipinski definition) is 4. The lowest BCUT2D eigenvalue weighted by molar-refractivity contribution is 0.0772. The van der Waals surface area contributed by atoms with Gasteiger partial charge in [-0.2, -0.15) is 0 Å². The van der Waals surface area contributed by atoms with Crippen LogP contribution in [-0.4, -0.2) is 44.9 Å². The highest BCUT2D eigenvalue weighted by molar-refractivity contribution is 7.10. The number of amides is 1. The van der Waals surface area contributed by atoms with Gasteiger partial charge in [0.15, 0.2) is 8.32 Å². The second-order valence-electron chi connectivity index (χ2n) is 9.78. The maximum atomic E-state index is 14.8. The van der Waals surface area contributed by atoms with Crippen molar-refractivity contribution in [1.82, 2.24) is 4.90 Å². The number of benzene rings is 1. The Morgan fingerprint density at radius 1 is 1.18 bits per heavy atom. The Morgan fingerprint density at radius 2 is 1.82 bits per heavy atom. The van der Waals surface area contributed by atoms with Crippen molar-refractivity contribution in [2.75, 3.05) is 19.7 Å². The number of hydrogen-bond donors (Lipinski definition) is 0. The Hall–Kier alpha value is -1.77. The lowest BCUT2D eigenvalue weighted by Crippen LogP contribution is -2.44. The Bertz CT molecular complexity index is 952. The van der Waals surface area contributed by atoms with Gasteiger partial charge in [0, 0.05) is 42.1 Å². The molecule has 1 atom stereocenters. The highest BCUT2D eigenvalue weighted by atomic mass is 32.1. The minimum Gasteiger partial charge on any atom is -0.490 e. The van der Waals surface area contributed by atoms with Crippen LogP contribution in [0.1, 0.15) is 62.3 Å². The first-order chi connectivity index (χ1) is 15.3. The molecule has 4 nitrogen and oxygen atoms in total. The standard InChI is InChI=1S/C25H37F2NO3SSi/c1-9-28(10-2)24(29)19-11-12-32-23(19)15-20-21(27)13-18(26)14-22(20)30-16-17(3)31-33(7,8)25(4,5)6/h11-14,17H,9-10,15-16H2,1-8H3. The molecule has 0 spiro atoms. The summed E-state index contributed by atoms with van der Waals surface area (Å²) in [5.41, 5.74) is 0.792.